The lowest BCUT2D eigenvalue weighted by molar-refractivity contribution is -0.385. The Bertz CT molecular complexity index is 735. The molecule has 1 aliphatic rings. The van der Waals surface area contributed by atoms with E-state index in [9.17, 15) is 19.7 Å². The number of likely N-dealkylation sites (N-methyl/N-ethyl adjacent to an activating group) is 1. The Morgan fingerprint density at radius 1 is 1.21 bits per heavy atom. The number of carbonyl (C=O) groups excluding carboxylic acids is 2. The molecule has 1 aromatic carbocycles. The minimum Gasteiger partial charge on any atom is -0.343 e. The summed E-state index contributed by atoms with van der Waals surface area (Å²) in [5.74, 6) is -0.434. The maximum atomic E-state index is 12.8. The quantitative estimate of drug-likeness (QED) is 0.485. The molecule has 0 bridgehead atoms. The van der Waals surface area contributed by atoms with Gasteiger partial charge in [0.25, 0.3) is 11.6 Å². The van der Waals surface area contributed by atoms with Gasteiger partial charge in [-0.25, -0.2) is 0 Å². The van der Waals surface area contributed by atoms with E-state index in [0.29, 0.717) is 19.0 Å². The zero-order valence-electron chi connectivity index (χ0n) is 17.0. The second kappa shape index (κ2) is 11.1. The fraction of sp³-hybridized carbons (Fsp3) is 0.600. The average molecular weight is 425 g/mol. The van der Waals surface area contributed by atoms with Crippen LogP contribution < -0.4 is 5.32 Å². The Morgan fingerprint density at radius 3 is 2.52 bits per heavy atom. The molecule has 0 aromatic heterocycles. The first-order valence-electron chi connectivity index (χ1n) is 9.93. The van der Waals surface area contributed by atoms with Gasteiger partial charge in [-0.05, 0) is 38.9 Å². The SMILES string of the molecule is CN(C)CCN(CC1CCCCC1)C(=O)CNC(=O)c1c(Cl)cccc1[N+](=O)[O-]. The minimum absolute atomic E-state index is 0.0178. The van der Waals surface area contributed by atoms with Gasteiger partial charge in [0.15, 0.2) is 0 Å². The summed E-state index contributed by atoms with van der Waals surface area (Å²) in [4.78, 5) is 39.6. The molecule has 0 aliphatic heterocycles. The largest absolute Gasteiger partial charge is 0.343 e. The predicted molar refractivity (Wildman–Crippen MR) is 112 cm³/mol. The van der Waals surface area contributed by atoms with Crippen molar-refractivity contribution in [2.24, 2.45) is 5.92 Å². The van der Waals surface area contributed by atoms with E-state index in [0.717, 1.165) is 19.4 Å². The summed E-state index contributed by atoms with van der Waals surface area (Å²) in [5.41, 5.74) is -0.604. The molecule has 160 valence electrons. The number of hydrogen-bond acceptors (Lipinski definition) is 5. The summed E-state index contributed by atoms with van der Waals surface area (Å²) in [7, 11) is 3.89. The number of nitrogens with zero attached hydrogens (tertiary/aromatic N) is 3. The molecule has 1 fully saturated rings. The van der Waals surface area contributed by atoms with E-state index in [2.05, 4.69) is 5.32 Å². The zero-order valence-corrected chi connectivity index (χ0v) is 17.8. The van der Waals surface area contributed by atoms with Crippen LogP contribution in [0.5, 0.6) is 0 Å². The van der Waals surface area contributed by atoms with E-state index in [1.807, 2.05) is 19.0 Å². The third kappa shape index (κ3) is 6.97. The van der Waals surface area contributed by atoms with E-state index in [4.69, 9.17) is 11.6 Å². The van der Waals surface area contributed by atoms with Gasteiger partial charge in [0.05, 0.1) is 16.5 Å². The lowest BCUT2D eigenvalue weighted by atomic mass is 9.89. The molecule has 29 heavy (non-hydrogen) atoms. The topological polar surface area (TPSA) is 95.8 Å². The summed E-state index contributed by atoms with van der Waals surface area (Å²) in [6.07, 6.45) is 5.85. The van der Waals surface area contributed by atoms with Crippen LogP contribution in [0.2, 0.25) is 5.02 Å². The molecule has 0 unspecified atom stereocenters. The van der Waals surface area contributed by atoms with Crippen LogP contribution in [-0.4, -0.2) is 66.8 Å². The Kier molecular flexibility index (Phi) is 8.85. The Labute approximate surface area is 176 Å². The summed E-state index contributed by atoms with van der Waals surface area (Å²) >= 11 is 5.99. The summed E-state index contributed by atoms with van der Waals surface area (Å²) in [5, 5.41) is 13.7. The molecule has 1 aromatic rings. The number of carbonyl (C=O) groups is 2. The standard InChI is InChI=1S/C20H29ClN4O4/c1-23(2)11-12-24(14-15-7-4-3-5-8-15)18(26)13-22-20(27)19-16(21)9-6-10-17(19)25(28)29/h6,9-10,15H,3-5,7-8,11-14H2,1-2H3,(H,22,27). The van der Waals surface area contributed by atoms with E-state index < -0.39 is 10.8 Å². The maximum absolute atomic E-state index is 12.8. The van der Waals surface area contributed by atoms with Gasteiger partial charge in [0.2, 0.25) is 5.91 Å². The van der Waals surface area contributed by atoms with E-state index >= 15 is 0 Å². The number of halogens is 1. The van der Waals surface area contributed by atoms with Crippen molar-refractivity contribution in [3.8, 4) is 0 Å². The highest BCUT2D eigenvalue weighted by molar-refractivity contribution is 6.34. The molecule has 1 saturated carbocycles. The van der Waals surface area contributed by atoms with Crippen molar-refractivity contribution in [3.63, 3.8) is 0 Å². The number of amides is 2. The van der Waals surface area contributed by atoms with Crippen LogP contribution in [0.4, 0.5) is 5.69 Å². The van der Waals surface area contributed by atoms with Crippen LogP contribution in [0.1, 0.15) is 42.5 Å². The van der Waals surface area contributed by atoms with E-state index in [1.165, 1.54) is 37.5 Å². The molecule has 2 rings (SSSR count). The van der Waals surface area contributed by atoms with Gasteiger partial charge >= 0.3 is 0 Å². The smallest absolute Gasteiger partial charge is 0.283 e. The van der Waals surface area contributed by atoms with Crippen molar-refractivity contribution >= 4 is 29.1 Å². The Hall–Kier alpha value is -2.19. The number of rotatable bonds is 9. The molecule has 0 atom stereocenters. The van der Waals surface area contributed by atoms with Gasteiger partial charge in [0, 0.05) is 25.7 Å². The van der Waals surface area contributed by atoms with Crippen LogP contribution in [-0.2, 0) is 4.79 Å². The van der Waals surface area contributed by atoms with Crippen molar-refractivity contribution in [2.45, 2.75) is 32.1 Å². The van der Waals surface area contributed by atoms with Gasteiger partial charge in [0.1, 0.15) is 5.56 Å². The molecule has 0 radical (unpaired) electrons. The molecular weight excluding hydrogens is 396 g/mol. The van der Waals surface area contributed by atoms with Crippen molar-refractivity contribution < 1.29 is 14.5 Å². The molecule has 0 spiro atoms. The lowest BCUT2D eigenvalue weighted by Gasteiger charge is -2.30. The van der Waals surface area contributed by atoms with Crippen LogP contribution >= 0.6 is 11.6 Å². The predicted octanol–water partition coefficient (Wildman–Crippen LogP) is 2.95. The van der Waals surface area contributed by atoms with Gasteiger partial charge in [-0.1, -0.05) is 36.9 Å². The summed E-state index contributed by atoms with van der Waals surface area (Å²) in [6.45, 7) is 1.75. The first kappa shape index (κ1) is 23.1. The number of nitro groups is 1. The second-order valence-corrected chi connectivity index (χ2v) is 8.13. The molecule has 1 aliphatic carbocycles. The van der Waals surface area contributed by atoms with Gasteiger partial charge in [-0.15, -0.1) is 0 Å². The fourth-order valence-electron chi connectivity index (χ4n) is 3.57. The Balaban J connectivity index is 2.02. The van der Waals surface area contributed by atoms with Crippen LogP contribution in [0.25, 0.3) is 0 Å². The molecule has 1 N–H and O–H groups in total. The number of nitro benzene ring substituents is 1. The van der Waals surface area contributed by atoms with Gasteiger partial charge in [-0.2, -0.15) is 0 Å². The summed E-state index contributed by atoms with van der Waals surface area (Å²) < 4.78 is 0. The molecule has 2 amide bonds. The monoisotopic (exact) mass is 424 g/mol. The lowest BCUT2D eigenvalue weighted by Crippen LogP contribution is -2.45. The van der Waals surface area contributed by atoms with Crippen LogP contribution in [0, 0.1) is 16.0 Å². The van der Waals surface area contributed by atoms with E-state index in [1.54, 1.807) is 4.90 Å². The van der Waals surface area contributed by atoms with Crippen LogP contribution in [0.15, 0.2) is 18.2 Å². The molecule has 0 saturated heterocycles. The molecule has 8 nitrogen and oxygen atoms in total. The first-order chi connectivity index (χ1) is 13.8. The van der Waals surface area contributed by atoms with Gasteiger partial charge in [-0.3, -0.25) is 19.7 Å². The highest BCUT2D eigenvalue weighted by Crippen LogP contribution is 2.26. The first-order valence-corrected chi connectivity index (χ1v) is 10.3. The van der Waals surface area contributed by atoms with Gasteiger partial charge < -0.3 is 15.1 Å². The highest BCUT2D eigenvalue weighted by atomic mass is 35.5. The average Bonchev–Trinajstić information content (AvgIpc) is 2.69. The molecular formula is C20H29ClN4O4. The molecule has 9 heteroatoms. The third-order valence-electron chi connectivity index (χ3n) is 5.19. The van der Waals surface area contributed by atoms with Crippen LogP contribution in [0.3, 0.4) is 0 Å². The minimum atomic E-state index is -0.721. The number of nitrogens with one attached hydrogen (secondary N) is 1. The number of benzene rings is 1. The third-order valence-corrected chi connectivity index (χ3v) is 5.50. The second-order valence-electron chi connectivity index (χ2n) is 7.72. The van der Waals surface area contributed by atoms with Crippen molar-refractivity contribution in [2.75, 3.05) is 40.3 Å². The van der Waals surface area contributed by atoms with E-state index in [-0.39, 0.29) is 28.7 Å². The fourth-order valence-corrected chi connectivity index (χ4v) is 3.82. The summed E-state index contributed by atoms with van der Waals surface area (Å²) in [6, 6.07) is 4.04. The normalized spacial score (nSPS) is 14.6. The highest BCUT2D eigenvalue weighted by Gasteiger charge is 2.25. The van der Waals surface area contributed by atoms with Crippen molar-refractivity contribution in [3.05, 3.63) is 38.9 Å². The number of hydrogen-bond donors (Lipinski definition) is 1. The zero-order chi connectivity index (χ0) is 21.4. The Morgan fingerprint density at radius 2 is 1.90 bits per heavy atom. The molecule has 0 heterocycles. The van der Waals surface area contributed by atoms with Crippen molar-refractivity contribution in [1.29, 1.82) is 0 Å². The van der Waals surface area contributed by atoms with Crippen molar-refractivity contribution in [1.82, 2.24) is 15.1 Å². The maximum Gasteiger partial charge on any atom is 0.283 e.